The molecule has 2 nitrogen and oxygen atoms in total. The van der Waals surface area contributed by atoms with Crippen LogP contribution in [0.2, 0.25) is 0 Å². The summed E-state index contributed by atoms with van der Waals surface area (Å²) in [5.41, 5.74) is 11.9. The van der Waals surface area contributed by atoms with E-state index < -0.39 is 0 Å². The second-order valence-corrected chi connectivity index (χ2v) is 12.3. The van der Waals surface area contributed by atoms with E-state index in [1.807, 2.05) is 0 Å². The molecule has 0 fully saturated rings. The highest BCUT2D eigenvalue weighted by Gasteiger charge is 2.22. The summed E-state index contributed by atoms with van der Waals surface area (Å²) in [6.07, 6.45) is 0. The van der Waals surface area contributed by atoms with Crippen molar-refractivity contribution in [2.75, 3.05) is 0 Å². The number of aromatic nitrogens is 2. The Labute approximate surface area is 272 Å². The molecule has 10 rings (SSSR count). The van der Waals surface area contributed by atoms with Crippen LogP contribution in [0.25, 0.3) is 93.6 Å². The van der Waals surface area contributed by atoms with Gasteiger partial charge in [0.1, 0.15) is 5.82 Å². The van der Waals surface area contributed by atoms with Crippen molar-refractivity contribution in [3.05, 3.63) is 170 Å². The van der Waals surface area contributed by atoms with E-state index in [0.717, 1.165) is 16.9 Å². The first-order valence-electron chi connectivity index (χ1n) is 16.1. The molecule has 0 saturated heterocycles. The van der Waals surface area contributed by atoms with Crippen molar-refractivity contribution in [1.29, 1.82) is 0 Å². The molecule has 2 heteroatoms. The number of rotatable bonds is 4. The molecule has 0 saturated carbocycles. The molecule has 8 aromatic carbocycles. The van der Waals surface area contributed by atoms with Crippen LogP contribution < -0.4 is 0 Å². The summed E-state index contributed by atoms with van der Waals surface area (Å²) in [6.45, 7) is 0. The van der Waals surface area contributed by atoms with Crippen molar-refractivity contribution in [2.45, 2.75) is 0 Å². The molecule has 47 heavy (non-hydrogen) atoms. The van der Waals surface area contributed by atoms with E-state index >= 15 is 0 Å². The van der Waals surface area contributed by atoms with Crippen LogP contribution in [0.4, 0.5) is 0 Å². The highest BCUT2D eigenvalue weighted by Crippen LogP contribution is 2.46. The molecule has 0 aliphatic carbocycles. The van der Waals surface area contributed by atoms with Gasteiger partial charge < -0.3 is 0 Å². The minimum Gasteiger partial charge on any atom is -0.291 e. The average Bonchev–Trinajstić information content (AvgIpc) is 3.70. The van der Waals surface area contributed by atoms with E-state index in [1.54, 1.807) is 0 Å². The molecule has 218 valence electrons. The van der Waals surface area contributed by atoms with Gasteiger partial charge >= 0.3 is 0 Å². The van der Waals surface area contributed by atoms with Gasteiger partial charge in [-0.2, -0.15) is 0 Å². The number of hydrogen-bond acceptors (Lipinski definition) is 1. The summed E-state index contributed by atoms with van der Waals surface area (Å²) in [5, 5.41) is 7.47. The van der Waals surface area contributed by atoms with E-state index in [2.05, 4.69) is 174 Å². The molecule has 0 spiro atoms. The van der Waals surface area contributed by atoms with Crippen LogP contribution in [0, 0.1) is 0 Å². The third kappa shape index (κ3) is 3.89. The Hall–Kier alpha value is -6.25. The van der Waals surface area contributed by atoms with E-state index in [0.29, 0.717) is 0 Å². The molecule has 2 aromatic heterocycles. The predicted octanol–water partition coefficient (Wildman–Crippen LogP) is 12.1. The highest BCUT2D eigenvalue weighted by atomic mass is 15.0. The summed E-state index contributed by atoms with van der Waals surface area (Å²) in [7, 11) is 0. The van der Waals surface area contributed by atoms with Crippen LogP contribution in [0.1, 0.15) is 0 Å². The molecular formula is C45H28N2. The SMILES string of the molecule is c1ccc(-c2ccc(-c3c4ccccc4c(-c4cc5nc(-c6ccccc6)n6c7ccccc7c(c4)c56)c4ccccc34)cc2)cc1. The Morgan fingerprint density at radius 3 is 1.43 bits per heavy atom. The monoisotopic (exact) mass is 596 g/mol. The molecule has 0 N–H and O–H groups in total. The Morgan fingerprint density at radius 1 is 0.340 bits per heavy atom. The minimum atomic E-state index is 0.980. The zero-order chi connectivity index (χ0) is 30.9. The van der Waals surface area contributed by atoms with Crippen molar-refractivity contribution in [3.8, 4) is 44.8 Å². The zero-order valence-corrected chi connectivity index (χ0v) is 25.6. The van der Waals surface area contributed by atoms with E-state index in [4.69, 9.17) is 4.98 Å². The lowest BCUT2D eigenvalue weighted by Gasteiger charge is -2.18. The van der Waals surface area contributed by atoms with Gasteiger partial charge in [-0.25, -0.2) is 4.98 Å². The molecule has 0 aliphatic rings. The third-order valence-corrected chi connectivity index (χ3v) is 9.72. The van der Waals surface area contributed by atoms with Crippen LogP contribution >= 0.6 is 0 Å². The number of hydrogen-bond donors (Lipinski definition) is 0. The van der Waals surface area contributed by atoms with Gasteiger partial charge in [0.2, 0.25) is 0 Å². The first-order valence-corrected chi connectivity index (χ1v) is 16.1. The lowest BCUT2D eigenvalue weighted by atomic mass is 9.85. The summed E-state index contributed by atoms with van der Waals surface area (Å²) in [6, 6.07) is 61.4. The molecule has 0 amide bonds. The van der Waals surface area contributed by atoms with Crippen molar-refractivity contribution in [2.24, 2.45) is 0 Å². The molecule has 0 bridgehead atoms. The van der Waals surface area contributed by atoms with E-state index in [1.165, 1.54) is 76.7 Å². The van der Waals surface area contributed by atoms with Crippen LogP contribution in [-0.2, 0) is 0 Å². The lowest BCUT2D eigenvalue weighted by molar-refractivity contribution is 1.23. The fourth-order valence-electron chi connectivity index (χ4n) is 7.68. The largest absolute Gasteiger partial charge is 0.291 e. The Morgan fingerprint density at radius 2 is 0.809 bits per heavy atom. The highest BCUT2D eigenvalue weighted by molar-refractivity contribution is 6.23. The number of para-hydroxylation sites is 1. The van der Waals surface area contributed by atoms with E-state index in [9.17, 15) is 0 Å². The molecule has 0 radical (unpaired) electrons. The number of nitrogens with zero attached hydrogens (tertiary/aromatic N) is 2. The lowest BCUT2D eigenvalue weighted by Crippen LogP contribution is -1.91. The van der Waals surface area contributed by atoms with Crippen molar-refractivity contribution in [1.82, 2.24) is 9.38 Å². The summed E-state index contributed by atoms with van der Waals surface area (Å²) in [5.74, 6) is 0.980. The van der Waals surface area contributed by atoms with Gasteiger partial charge in [-0.05, 0) is 73.1 Å². The second-order valence-electron chi connectivity index (χ2n) is 12.3. The number of imidazole rings is 1. The Kier molecular flexibility index (Phi) is 5.61. The minimum absolute atomic E-state index is 0.980. The standard InChI is InChI=1S/C45H28N2/c1-3-13-29(14-4-1)30-23-25-31(26-24-30)42-35-18-7-9-20-37(35)43(38-21-10-8-19-36(38)42)33-27-39-34-17-11-12-22-41(34)47-44(39)40(28-33)46-45(47)32-15-5-2-6-16-32/h1-28H. The fourth-order valence-corrected chi connectivity index (χ4v) is 7.68. The fraction of sp³-hybridized carbons (Fsp3) is 0. The molecule has 0 aliphatic heterocycles. The normalized spacial score (nSPS) is 11.8. The molecule has 2 heterocycles. The van der Waals surface area contributed by atoms with Crippen LogP contribution in [0.3, 0.4) is 0 Å². The topological polar surface area (TPSA) is 17.3 Å². The van der Waals surface area contributed by atoms with Crippen molar-refractivity contribution in [3.63, 3.8) is 0 Å². The van der Waals surface area contributed by atoms with Crippen LogP contribution in [-0.4, -0.2) is 9.38 Å². The molecule has 0 unspecified atom stereocenters. The van der Waals surface area contributed by atoms with Gasteiger partial charge in [-0.3, -0.25) is 4.40 Å². The van der Waals surface area contributed by atoms with Crippen molar-refractivity contribution >= 4 is 48.9 Å². The predicted molar refractivity (Wildman–Crippen MR) is 198 cm³/mol. The summed E-state index contributed by atoms with van der Waals surface area (Å²) in [4.78, 5) is 5.30. The quantitative estimate of drug-likeness (QED) is 0.185. The van der Waals surface area contributed by atoms with Crippen LogP contribution in [0.15, 0.2) is 170 Å². The number of benzene rings is 8. The first kappa shape index (κ1) is 26.0. The van der Waals surface area contributed by atoms with Gasteiger partial charge in [0.25, 0.3) is 0 Å². The van der Waals surface area contributed by atoms with Gasteiger partial charge in [0.15, 0.2) is 0 Å². The maximum Gasteiger partial charge on any atom is 0.145 e. The molecule has 10 aromatic rings. The summed E-state index contributed by atoms with van der Waals surface area (Å²) < 4.78 is 2.34. The van der Waals surface area contributed by atoms with Gasteiger partial charge in [-0.1, -0.05) is 152 Å². The number of fused-ring (bicyclic) bond motifs is 5. The second kappa shape index (κ2) is 10.1. The smallest absolute Gasteiger partial charge is 0.145 e. The maximum atomic E-state index is 5.30. The summed E-state index contributed by atoms with van der Waals surface area (Å²) >= 11 is 0. The van der Waals surface area contributed by atoms with Gasteiger partial charge in [-0.15, -0.1) is 0 Å². The molecular weight excluding hydrogens is 569 g/mol. The Balaban J connectivity index is 1.26. The Bertz CT molecular complexity index is 2700. The van der Waals surface area contributed by atoms with Gasteiger partial charge in [0.05, 0.1) is 16.6 Å². The van der Waals surface area contributed by atoms with E-state index in [-0.39, 0.29) is 0 Å². The molecule has 0 atom stereocenters. The maximum absolute atomic E-state index is 5.30. The van der Waals surface area contributed by atoms with Crippen molar-refractivity contribution < 1.29 is 0 Å². The van der Waals surface area contributed by atoms with Gasteiger partial charge in [0, 0.05) is 16.3 Å². The average molecular weight is 597 g/mol. The zero-order valence-electron chi connectivity index (χ0n) is 25.6. The third-order valence-electron chi connectivity index (χ3n) is 9.72. The van der Waals surface area contributed by atoms with Crippen LogP contribution in [0.5, 0.6) is 0 Å². The first-order chi connectivity index (χ1) is 23.3.